The van der Waals surface area contributed by atoms with Crippen LogP contribution in [0.15, 0.2) is 12.1 Å². The first-order valence-corrected chi connectivity index (χ1v) is 4.31. The second-order valence-electron chi connectivity index (χ2n) is 2.36. The fraction of sp³-hybridized carbons (Fsp3) is 0.111. The Balaban J connectivity index is 3.37. The van der Waals surface area contributed by atoms with E-state index in [1.807, 2.05) is 0 Å². The second kappa shape index (κ2) is 4.32. The monoisotopic (exact) mass is 229 g/mol. The number of halogens is 2. The highest BCUT2D eigenvalue weighted by molar-refractivity contribution is 6.39. The highest BCUT2D eigenvalue weighted by Crippen LogP contribution is 2.35. The van der Waals surface area contributed by atoms with Gasteiger partial charge in [-0.3, -0.25) is 0 Å². The summed E-state index contributed by atoms with van der Waals surface area (Å²) in [6, 6.07) is 2.86. The summed E-state index contributed by atoms with van der Waals surface area (Å²) >= 11 is 11.6. The van der Waals surface area contributed by atoms with E-state index in [-0.39, 0.29) is 16.3 Å². The van der Waals surface area contributed by atoms with Crippen LogP contribution >= 0.6 is 23.2 Å². The van der Waals surface area contributed by atoms with Crippen LogP contribution < -0.4 is 4.74 Å². The zero-order valence-electron chi connectivity index (χ0n) is 7.17. The van der Waals surface area contributed by atoms with E-state index >= 15 is 0 Å². The predicted octanol–water partition coefficient (Wildman–Crippen LogP) is 3.06. The summed E-state index contributed by atoms with van der Waals surface area (Å²) in [6.45, 7) is 6.57. The molecule has 3 nitrogen and oxygen atoms in total. The number of benzene rings is 1. The number of carbonyl (C=O) groups is 1. The number of methoxy groups -OCH3 is 1. The minimum Gasteiger partial charge on any atom is -0.494 e. The van der Waals surface area contributed by atoms with E-state index in [9.17, 15) is 4.79 Å². The average Bonchev–Trinajstić information content (AvgIpc) is 2.18. The van der Waals surface area contributed by atoms with E-state index in [2.05, 4.69) is 4.85 Å². The van der Waals surface area contributed by atoms with Crippen molar-refractivity contribution in [1.82, 2.24) is 0 Å². The maximum Gasteiger partial charge on any atom is 0.387 e. The van der Waals surface area contributed by atoms with Gasteiger partial charge in [-0.05, 0) is 6.07 Å². The Labute approximate surface area is 91.0 Å². The van der Waals surface area contributed by atoms with E-state index in [4.69, 9.17) is 34.5 Å². The van der Waals surface area contributed by atoms with Crippen LogP contribution in [0, 0.1) is 6.57 Å². The molecule has 0 atom stereocenters. The number of carbonyl (C=O) groups excluding carboxylic acids is 1. The number of rotatable bonds is 2. The summed E-state index contributed by atoms with van der Waals surface area (Å²) in [5.41, 5.74) is 0.0999. The Hall–Kier alpha value is -1.24. The molecule has 1 aromatic rings. The van der Waals surface area contributed by atoms with Gasteiger partial charge in [0.05, 0.1) is 23.7 Å². The van der Waals surface area contributed by atoms with Gasteiger partial charge < -0.3 is 9.53 Å². The Morgan fingerprint density at radius 1 is 1.50 bits per heavy atom. The molecule has 0 saturated heterocycles. The zero-order chi connectivity index (χ0) is 10.7. The number of nitrogens with zero attached hydrogens (tertiary/aromatic N) is 1. The lowest BCUT2D eigenvalue weighted by Gasteiger charge is -2.07. The van der Waals surface area contributed by atoms with Crippen molar-refractivity contribution in [3.05, 3.63) is 39.2 Å². The Morgan fingerprint density at radius 2 is 2.14 bits per heavy atom. The minimum absolute atomic E-state index is 0.0704. The number of ether oxygens (including phenoxy) is 1. The molecule has 1 aromatic carbocycles. The molecule has 0 aliphatic heterocycles. The molecule has 0 unspecified atom stereocenters. The van der Waals surface area contributed by atoms with Crippen molar-refractivity contribution in [3.8, 4) is 5.75 Å². The summed E-state index contributed by atoms with van der Waals surface area (Å²) < 4.78 is 4.89. The van der Waals surface area contributed by atoms with Crippen molar-refractivity contribution in [2.75, 3.05) is 7.11 Å². The summed E-state index contributed by atoms with van der Waals surface area (Å²) in [5.74, 6) is -0.521. The van der Waals surface area contributed by atoms with Crippen LogP contribution in [0.25, 0.3) is 4.85 Å². The first-order chi connectivity index (χ1) is 6.61. The molecular formula is C9H5Cl2NO2. The van der Waals surface area contributed by atoms with Gasteiger partial charge in [-0.2, -0.15) is 4.85 Å². The van der Waals surface area contributed by atoms with Gasteiger partial charge in [0.25, 0.3) is 0 Å². The highest BCUT2D eigenvalue weighted by Gasteiger charge is 2.16. The predicted molar refractivity (Wildman–Crippen MR) is 53.9 cm³/mol. The van der Waals surface area contributed by atoms with Crippen LogP contribution in [0.4, 0.5) is 0 Å². The van der Waals surface area contributed by atoms with E-state index in [0.29, 0.717) is 5.02 Å². The molecule has 1 amide bonds. The lowest BCUT2D eigenvalue weighted by molar-refractivity contribution is 0.104. The lowest BCUT2D eigenvalue weighted by atomic mass is 10.2. The molecule has 0 fully saturated rings. The van der Waals surface area contributed by atoms with E-state index < -0.39 is 5.91 Å². The van der Waals surface area contributed by atoms with Crippen molar-refractivity contribution in [1.29, 1.82) is 0 Å². The van der Waals surface area contributed by atoms with Gasteiger partial charge in [-0.25, -0.2) is 0 Å². The third-order valence-corrected chi connectivity index (χ3v) is 2.26. The van der Waals surface area contributed by atoms with Crippen molar-refractivity contribution >= 4 is 29.1 Å². The van der Waals surface area contributed by atoms with Crippen molar-refractivity contribution in [2.24, 2.45) is 0 Å². The Morgan fingerprint density at radius 3 is 2.64 bits per heavy atom. The van der Waals surface area contributed by atoms with Gasteiger partial charge in [0, 0.05) is 5.56 Å². The molecule has 0 bridgehead atoms. The van der Waals surface area contributed by atoms with Crippen molar-refractivity contribution < 1.29 is 9.53 Å². The van der Waals surface area contributed by atoms with Crippen LogP contribution in [0.1, 0.15) is 10.4 Å². The molecule has 0 radical (unpaired) electrons. The van der Waals surface area contributed by atoms with Crippen molar-refractivity contribution in [3.63, 3.8) is 0 Å². The van der Waals surface area contributed by atoms with Crippen LogP contribution in [-0.2, 0) is 0 Å². The van der Waals surface area contributed by atoms with E-state index in [1.165, 1.54) is 19.2 Å². The van der Waals surface area contributed by atoms with Crippen LogP contribution in [0.3, 0.4) is 0 Å². The largest absolute Gasteiger partial charge is 0.494 e. The maximum absolute atomic E-state index is 11.1. The van der Waals surface area contributed by atoms with Gasteiger partial charge in [0.15, 0.2) is 5.75 Å². The van der Waals surface area contributed by atoms with Crippen LogP contribution in [0.5, 0.6) is 5.75 Å². The number of amides is 1. The fourth-order valence-corrected chi connectivity index (χ4v) is 1.55. The third-order valence-electron chi connectivity index (χ3n) is 1.59. The van der Waals surface area contributed by atoms with Crippen molar-refractivity contribution in [2.45, 2.75) is 0 Å². The molecule has 14 heavy (non-hydrogen) atoms. The summed E-state index contributed by atoms with van der Waals surface area (Å²) in [6.07, 6.45) is 0. The van der Waals surface area contributed by atoms with Gasteiger partial charge in [0.2, 0.25) is 0 Å². The summed E-state index contributed by atoms with van der Waals surface area (Å²) in [4.78, 5) is 13.8. The quantitative estimate of drug-likeness (QED) is 0.731. The lowest BCUT2D eigenvalue weighted by Crippen LogP contribution is -1.96. The molecule has 0 aromatic heterocycles. The summed E-state index contributed by atoms with van der Waals surface area (Å²) in [7, 11) is 1.39. The van der Waals surface area contributed by atoms with Gasteiger partial charge >= 0.3 is 5.91 Å². The molecule has 0 saturated carbocycles. The standard InChI is InChI=1S/C9H5Cl2NO2/c1-12-9(13)5-3-4-6(10)8(14-2)7(5)11/h3-4H,2H3. The SMILES string of the molecule is [C-]#[N+]C(=O)c1ccc(Cl)c(OC)c1Cl. The molecule has 0 heterocycles. The third kappa shape index (κ3) is 1.82. The molecule has 0 N–H and O–H groups in total. The Kier molecular flexibility index (Phi) is 3.34. The smallest absolute Gasteiger partial charge is 0.387 e. The number of hydrogen-bond acceptors (Lipinski definition) is 2. The first-order valence-electron chi connectivity index (χ1n) is 3.55. The maximum atomic E-state index is 11.1. The van der Waals surface area contributed by atoms with E-state index in [0.717, 1.165) is 0 Å². The Bertz CT molecular complexity index is 424. The fourth-order valence-electron chi connectivity index (χ4n) is 0.945. The normalized spacial score (nSPS) is 9.29. The zero-order valence-corrected chi connectivity index (χ0v) is 8.69. The molecule has 0 aliphatic carbocycles. The average molecular weight is 230 g/mol. The molecule has 1 rings (SSSR count). The van der Waals surface area contributed by atoms with E-state index in [1.54, 1.807) is 0 Å². The van der Waals surface area contributed by atoms with Crippen LogP contribution in [-0.4, -0.2) is 13.0 Å². The second-order valence-corrected chi connectivity index (χ2v) is 3.14. The highest BCUT2D eigenvalue weighted by atomic mass is 35.5. The molecular weight excluding hydrogens is 225 g/mol. The number of hydrogen-bond donors (Lipinski definition) is 0. The van der Waals surface area contributed by atoms with Gasteiger partial charge in [-0.1, -0.05) is 29.3 Å². The van der Waals surface area contributed by atoms with Gasteiger partial charge in [0.1, 0.15) is 0 Å². The van der Waals surface area contributed by atoms with Gasteiger partial charge in [-0.15, -0.1) is 0 Å². The molecule has 0 spiro atoms. The molecule has 5 heteroatoms. The molecule has 72 valence electrons. The summed E-state index contributed by atoms with van der Waals surface area (Å²) in [5, 5.41) is 0.375. The minimum atomic E-state index is -0.732. The molecule has 0 aliphatic rings. The first kappa shape index (κ1) is 10.8. The topological polar surface area (TPSA) is 30.7 Å². The van der Waals surface area contributed by atoms with Crippen LogP contribution in [0.2, 0.25) is 10.0 Å².